The summed E-state index contributed by atoms with van der Waals surface area (Å²) in [7, 11) is 0. The molecule has 1 N–H and O–H groups in total. The third kappa shape index (κ3) is 2.68. The Morgan fingerprint density at radius 3 is 2.19 bits per heavy atom. The molecule has 128 valence electrons. The first-order valence-electron chi connectivity index (χ1n) is 8.81. The molecule has 0 aliphatic rings. The number of aromatic nitrogens is 4. The van der Waals surface area contributed by atoms with Crippen molar-refractivity contribution in [2.75, 3.05) is 0 Å². The molecule has 0 unspecified atom stereocenters. The number of aromatic amines is 1. The molecule has 0 bridgehead atoms. The lowest BCUT2D eigenvalue weighted by molar-refractivity contribution is 1.16. The first-order valence-corrected chi connectivity index (χ1v) is 8.81. The monoisotopic (exact) mass is 348 g/mol. The van der Waals surface area contributed by atoms with Crippen LogP contribution in [-0.2, 0) is 0 Å². The molecule has 0 atom stereocenters. The minimum atomic E-state index is 0.661. The van der Waals surface area contributed by atoms with Crippen molar-refractivity contribution in [1.82, 2.24) is 19.9 Å². The normalized spacial score (nSPS) is 11.0. The van der Waals surface area contributed by atoms with E-state index in [4.69, 9.17) is 0 Å². The van der Waals surface area contributed by atoms with E-state index in [2.05, 4.69) is 62.4 Å². The molecule has 0 saturated heterocycles. The Balaban J connectivity index is 1.90. The Morgan fingerprint density at radius 1 is 0.630 bits per heavy atom. The van der Waals surface area contributed by atoms with Crippen LogP contribution in [0.3, 0.4) is 0 Å². The molecule has 3 aromatic heterocycles. The largest absolute Gasteiger partial charge is 0.351 e. The van der Waals surface area contributed by atoms with Crippen molar-refractivity contribution in [2.24, 2.45) is 0 Å². The fraction of sp³-hybridized carbons (Fsp3) is 0. The van der Waals surface area contributed by atoms with E-state index in [9.17, 15) is 0 Å². The highest BCUT2D eigenvalue weighted by Gasteiger charge is 2.20. The number of nitrogens with one attached hydrogen (secondary N) is 1. The summed E-state index contributed by atoms with van der Waals surface area (Å²) in [6, 6.07) is 24.5. The van der Waals surface area contributed by atoms with E-state index in [0.29, 0.717) is 5.82 Å². The van der Waals surface area contributed by atoms with Gasteiger partial charge in [0.2, 0.25) is 0 Å². The van der Waals surface area contributed by atoms with Crippen LogP contribution in [-0.4, -0.2) is 19.9 Å². The Hall–Kier alpha value is -3.79. The highest BCUT2D eigenvalue weighted by atomic mass is 14.9. The average Bonchev–Trinajstić information content (AvgIpc) is 3.15. The Morgan fingerprint density at radius 2 is 1.41 bits per heavy atom. The SMILES string of the molecule is c1ccc(-c2cccc3[nH]c(-c4ncccn4)c(-c4ccccn4)c23)cc1. The van der Waals surface area contributed by atoms with Crippen molar-refractivity contribution in [3.05, 3.63) is 91.4 Å². The zero-order valence-electron chi connectivity index (χ0n) is 14.5. The van der Waals surface area contributed by atoms with Gasteiger partial charge in [-0.25, -0.2) is 9.97 Å². The lowest BCUT2D eigenvalue weighted by atomic mass is 9.96. The van der Waals surface area contributed by atoms with Crippen LogP contribution in [0.2, 0.25) is 0 Å². The third-order valence-corrected chi connectivity index (χ3v) is 4.62. The van der Waals surface area contributed by atoms with Crippen molar-refractivity contribution in [2.45, 2.75) is 0 Å². The van der Waals surface area contributed by atoms with E-state index >= 15 is 0 Å². The predicted molar refractivity (Wildman–Crippen MR) is 108 cm³/mol. The molecule has 0 amide bonds. The number of pyridine rings is 1. The summed E-state index contributed by atoms with van der Waals surface area (Å²) in [6.45, 7) is 0. The van der Waals surface area contributed by atoms with Gasteiger partial charge < -0.3 is 4.98 Å². The van der Waals surface area contributed by atoms with Crippen molar-refractivity contribution >= 4 is 10.9 Å². The van der Waals surface area contributed by atoms with Gasteiger partial charge in [0.1, 0.15) is 0 Å². The van der Waals surface area contributed by atoms with Crippen molar-refractivity contribution < 1.29 is 0 Å². The summed E-state index contributed by atoms with van der Waals surface area (Å²) in [6.07, 6.45) is 5.33. The molecule has 5 aromatic rings. The second-order valence-corrected chi connectivity index (χ2v) is 6.26. The summed E-state index contributed by atoms with van der Waals surface area (Å²) >= 11 is 0. The van der Waals surface area contributed by atoms with E-state index in [1.165, 1.54) is 5.56 Å². The topological polar surface area (TPSA) is 54.5 Å². The molecule has 27 heavy (non-hydrogen) atoms. The minimum absolute atomic E-state index is 0.661. The number of H-pyrrole nitrogens is 1. The van der Waals surface area contributed by atoms with Gasteiger partial charge in [-0.15, -0.1) is 0 Å². The Labute approximate surface area is 156 Å². The van der Waals surface area contributed by atoms with Gasteiger partial charge in [0.25, 0.3) is 0 Å². The minimum Gasteiger partial charge on any atom is -0.351 e. The van der Waals surface area contributed by atoms with E-state index in [1.54, 1.807) is 12.4 Å². The predicted octanol–water partition coefficient (Wildman–Crippen LogP) is 5.35. The van der Waals surface area contributed by atoms with Gasteiger partial charge in [0.15, 0.2) is 5.82 Å². The van der Waals surface area contributed by atoms with E-state index < -0.39 is 0 Å². The maximum absolute atomic E-state index is 4.62. The molecule has 5 rings (SSSR count). The van der Waals surface area contributed by atoms with Gasteiger partial charge >= 0.3 is 0 Å². The maximum Gasteiger partial charge on any atom is 0.176 e. The number of rotatable bonds is 3. The van der Waals surface area contributed by atoms with E-state index in [0.717, 1.165) is 33.4 Å². The molecule has 4 nitrogen and oxygen atoms in total. The summed E-state index contributed by atoms with van der Waals surface area (Å²) in [5.74, 6) is 0.661. The molecule has 0 aliphatic carbocycles. The van der Waals surface area contributed by atoms with E-state index in [1.807, 2.05) is 36.5 Å². The molecule has 0 saturated carbocycles. The maximum atomic E-state index is 4.62. The highest BCUT2D eigenvalue weighted by molar-refractivity contribution is 6.09. The van der Waals surface area contributed by atoms with Crippen LogP contribution in [0.25, 0.3) is 44.8 Å². The van der Waals surface area contributed by atoms with Gasteiger partial charge in [0, 0.05) is 35.1 Å². The second kappa shape index (κ2) is 6.50. The molecule has 2 aromatic carbocycles. The van der Waals surface area contributed by atoms with Crippen LogP contribution in [0.5, 0.6) is 0 Å². The molecule has 3 heterocycles. The van der Waals surface area contributed by atoms with Gasteiger partial charge in [-0.3, -0.25) is 4.98 Å². The number of hydrogen-bond donors (Lipinski definition) is 1. The van der Waals surface area contributed by atoms with Crippen molar-refractivity contribution in [3.63, 3.8) is 0 Å². The molecular formula is C23H16N4. The Bertz CT molecular complexity index is 1200. The fourth-order valence-electron chi connectivity index (χ4n) is 3.47. The summed E-state index contributed by atoms with van der Waals surface area (Å²) in [5, 5.41) is 1.13. The van der Waals surface area contributed by atoms with Crippen LogP contribution in [0, 0.1) is 0 Å². The summed E-state index contributed by atoms with van der Waals surface area (Å²) in [5.41, 5.74) is 6.17. The zero-order valence-corrected chi connectivity index (χ0v) is 14.5. The zero-order chi connectivity index (χ0) is 18.1. The Kier molecular flexibility index (Phi) is 3.72. The molecule has 0 spiro atoms. The first kappa shape index (κ1) is 15.5. The average molecular weight is 348 g/mol. The smallest absolute Gasteiger partial charge is 0.176 e. The van der Waals surface area contributed by atoms with Crippen LogP contribution < -0.4 is 0 Å². The third-order valence-electron chi connectivity index (χ3n) is 4.62. The highest BCUT2D eigenvalue weighted by Crippen LogP contribution is 2.41. The molecule has 0 radical (unpaired) electrons. The molecule has 0 aliphatic heterocycles. The lowest BCUT2D eigenvalue weighted by Crippen LogP contribution is -1.91. The van der Waals surface area contributed by atoms with Crippen LogP contribution in [0.15, 0.2) is 91.4 Å². The molecular weight excluding hydrogens is 332 g/mol. The van der Waals surface area contributed by atoms with Crippen LogP contribution in [0.1, 0.15) is 0 Å². The quantitative estimate of drug-likeness (QED) is 0.478. The number of benzene rings is 2. The fourth-order valence-corrected chi connectivity index (χ4v) is 3.47. The van der Waals surface area contributed by atoms with Gasteiger partial charge in [-0.1, -0.05) is 48.5 Å². The van der Waals surface area contributed by atoms with Gasteiger partial charge in [-0.05, 0) is 35.4 Å². The molecule has 0 fully saturated rings. The van der Waals surface area contributed by atoms with Crippen LogP contribution >= 0.6 is 0 Å². The standard InChI is InChI=1S/C23H16N4/c1-2-8-16(9-3-1)17-10-6-12-19-20(17)21(18-11-4-5-13-24-18)22(27-19)23-25-14-7-15-26-23/h1-15,27H. The second-order valence-electron chi connectivity index (χ2n) is 6.26. The number of nitrogens with zero attached hydrogens (tertiary/aromatic N) is 3. The van der Waals surface area contributed by atoms with Crippen LogP contribution in [0.4, 0.5) is 0 Å². The van der Waals surface area contributed by atoms with Crippen molar-refractivity contribution in [3.8, 4) is 33.9 Å². The van der Waals surface area contributed by atoms with Crippen molar-refractivity contribution in [1.29, 1.82) is 0 Å². The van der Waals surface area contributed by atoms with E-state index in [-0.39, 0.29) is 0 Å². The van der Waals surface area contributed by atoms with Gasteiger partial charge in [-0.2, -0.15) is 0 Å². The lowest BCUT2D eigenvalue weighted by Gasteiger charge is -2.08. The number of hydrogen-bond acceptors (Lipinski definition) is 3. The van der Waals surface area contributed by atoms with Gasteiger partial charge in [0.05, 0.1) is 11.4 Å². The summed E-state index contributed by atoms with van der Waals surface area (Å²) < 4.78 is 0. The summed E-state index contributed by atoms with van der Waals surface area (Å²) in [4.78, 5) is 17.1. The first-order chi connectivity index (χ1) is 13.4. The number of fused-ring (bicyclic) bond motifs is 1. The molecule has 4 heteroatoms.